The molecule has 124 valence electrons. The van der Waals surface area contributed by atoms with Crippen molar-refractivity contribution in [2.24, 2.45) is 11.3 Å². The number of benzene rings is 1. The molecule has 2 atom stereocenters. The van der Waals surface area contributed by atoms with E-state index in [1.54, 1.807) is 0 Å². The zero-order valence-corrected chi connectivity index (χ0v) is 14.0. The average Bonchev–Trinajstić information content (AvgIpc) is 2.76. The Balaban J connectivity index is 1.38. The molecule has 3 aliphatic rings. The smallest absolute Gasteiger partial charge is 0.136 e. The Morgan fingerprint density at radius 3 is 2.39 bits per heavy atom. The van der Waals surface area contributed by atoms with Crippen LogP contribution >= 0.6 is 0 Å². The van der Waals surface area contributed by atoms with Crippen molar-refractivity contribution in [2.45, 2.75) is 57.7 Å². The number of ether oxygens (including phenoxy) is 1. The molecule has 0 aromatic heterocycles. The molecule has 23 heavy (non-hydrogen) atoms. The minimum Gasteiger partial charge on any atom is -0.380 e. The van der Waals surface area contributed by atoms with Gasteiger partial charge in [-0.25, -0.2) is 0 Å². The Morgan fingerprint density at radius 1 is 1.17 bits per heavy atom. The second-order valence-electron chi connectivity index (χ2n) is 8.16. The first-order chi connectivity index (χ1) is 11.1. The van der Waals surface area contributed by atoms with Gasteiger partial charge < -0.3 is 4.74 Å². The van der Waals surface area contributed by atoms with Gasteiger partial charge in [0.25, 0.3) is 0 Å². The van der Waals surface area contributed by atoms with Gasteiger partial charge >= 0.3 is 0 Å². The number of rotatable bonds is 5. The van der Waals surface area contributed by atoms with E-state index in [0.29, 0.717) is 17.9 Å². The van der Waals surface area contributed by atoms with Crippen LogP contribution in [-0.2, 0) is 16.1 Å². The van der Waals surface area contributed by atoms with Crippen molar-refractivity contribution in [3.63, 3.8) is 0 Å². The van der Waals surface area contributed by atoms with Crippen LogP contribution in [0.1, 0.15) is 44.6 Å². The summed E-state index contributed by atoms with van der Waals surface area (Å²) in [7, 11) is 0. The molecule has 3 nitrogen and oxygen atoms in total. The van der Waals surface area contributed by atoms with Gasteiger partial charge in [0.15, 0.2) is 0 Å². The summed E-state index contributed by atoms with van der Waals surface area (Å²) in [4.78, 5) is 15.4. The van der Waals surface area contributed by atoms with Gasteiger partial charge in [-0.1, -0.05) is 37.3 Å². The van der Waals surface area contributed by atoms with Gasteiger partial charge in [0, 0.05) is 36.4 Å². The molecule has 0 spiro atoms. The highest BCUT2D eigenvalue weighted by Crippen LogP contribution is 2.42. The standard InChI is InChI=1S/C20H27NO2/c1-20(13-23-14-20)11-19(22)16-9-17-7-8-18(10-16)21(17)12-15-5-3-2-4-6-15/h2-6,16-18H,7-14H2,1H3. The predicted octanol–water partition coefficient (Wildman–Crippen LogP) is 3.43. The van der Waals surface area contributed by atoms with Crippen LogP contribution in [0.25, 0.3) is 0 Å². The number of ketones is 1. The van der Waals surface area contributed by atoms with Crippen molar-refractivity contribution < 1.29 is 9.53 Å². The van der Waals surface area contributed by atoms with E-state index in [2.05, 4.69) is 42.2 Å². The van der Waals surface area contributed by atoms with E-state index in [1.807, 2.05) is 0 Å². The molecule has 3 fully saturated rings. The highest BCUT2D eigenvalue weighted by molar-refractivity contribution is 5.82. The minimum atomic E-state index is 0.122. The largest absolute Gasteiger partial charge is 0.380 e. The van der Waals surface area contributed by atoms with Gasteiger partial charge in [0.05, 0.1) is 13.2 Å². The van der Waals surface area contributed by atoms with Gasteiger partial charge in [-0.2, -0.15) is 0 Å². The summed E-state index contributed by atoms with van der Waals surface area (Å²) >= 11 is 0. The Kier molecular flexibility index (Phi) is 4.02. The van der Waals surface area contributed by atoms with E-state index in [1.165, 1.54) is 18.4 Å². The first-order valence-corrected chi connectivity index (χ1v) is 9.03. The molecule has 3 saturated heterocycles. The second kappa shape index (κ2) is 6.03. The average molecular weight is 313 g/mol. The molecule has 3 heteroatoms. The van der Waals surface area contributed by atoms with Crippen LogP contribution in [0.3, 0.4) is 0 Å². The van der Waals surface area contributed by atoms with Crippen LogP contribution in [0.5, 0.6) is 0 Å². The van der Waals surface area contributed by atoms with Crippen molar-refractivity contribution in [2.75, 3.05) is 13.2 Å². The monoisotopic (exact) mass is 313 g/mol. The lowest BCUT2D eigenvalue weighted by molar-refractivity contribution is -0.142. The van der Waals surface area contributed by atoms with Crippen molar-refractivity contribution >= 4 is 5.78 Å². The molecule has 2 unspecified atom stereocenters. The molecule has 3 heterocycles. The SMILES string of the molecule is CC1(CC(=O)C2CC3CCC(C2)N3Cc2ccccc2)COC1. The maximum absolute atomic E-state index is 12.7. The quantitative estimate of drug-likeness (QED) is 0.834. The lowest BCUT2D eigenvalue weighted by Gasteiger charge is -2.41. The Morgan fingerprint density at radius 2 is 1.83 bits per heavy atom. The van der Waals surface area contributed by atoms with Crippen LogP contribution in [0.4, 0.5) is 0 Å². The van der Waals surface area contributed by atoms with Crippen LogP contribution in [0.15, 0.2) is 30.3 Å². The summed E-state index contributed by atoms with van der Waals surface area (Å²) in [5.41, 5.74) is 1.52. The number of carbonyl (C=O) groups excluding carboxylic acids is 1. The summed E-state index contributed by atoms with van der Waals surface area (Å²) < 4.78 is 5.30. The zero-order valence-electron chi connectivity index (χ0n) is 14.0. The lowest BCUT2D eigenvalue weighted by Crippen LogP contribution is -2.46. The number of hydrogen-bond acceptors (Lipinski definition) is 3. The predicted molar refractivity (Wildman–Crippen MR) is 90.1 cm³/mol. The van der Waals surface area contributed by atoms with Crippen LogP contribution in [0, 0.1) is 11.3 Å². The molecule has 0 saturated carbocycles. The number of carbonyl (C=O) groups is 1. The van der Waals surface area contributed by atoms with E-state index >= 15 is 0 Å². The van der Waals surface area contributed by atoms with Crippen LogP contribution in [-0.4, -0.2) is 36.0 Å². The van der Waals surface area contributed by atoms with Crippen molar-refractivity contribution in [3.05, 3.63) is 35.9 Å². The molecule has 0 radical (unpaired) electrons. The number of fused-ring (bicyclic) bond motifs is 2. The van der Waals surface area contributed by atoms with Crippen molar-refractivity contribution in [3.8, 4) is 0 Å². The fourth-order valence-electron chi connectivity index (χ4n) is 4.71. The van der Waals surface area contributed by atoms with Gasteiger partial charge in [0.1, 0.15) is 5.78 Å². The van der Waals surface area contributed by atoms with Crippen molar-refractivity contribution in [1.82, 2.24) is 4.90 Å². The van der Waals surface area contributed by atoms with E-state index in [4.69, 9.17) is 4.74 Å². The molecule has 1 aromatic carbocycles. The maximum Gasteiger partial charge on any atom is 0.136 e. The third-order valence-electron chi connectivity index (χ3n) is 6.05. The molecular formula is C20H27NO2. The Labute approximate surface area is 139 Å². The fourth-order valence-corrected chi connectivity index (χ4v) is 4.71. The third-order valence-corrected chi connectivity index (χ3v) is 6.05. The fraction of sp³-hybridized carbons (Fsp3) is 0.650. The van der Waals surface area contributed by atoms with Gasteiger partial charge in [0.2, 0.25) is 0 Å². The van der Waals surface area contributed by atoms with Gasteiger partial charge in [-0.3, -0.25) is 9.69 Å². The normalized spacial score (nSPS) is 32.5. The Bertz CT molecular complexity index is 552. The molecule has 2 bridgehead atoms. The molecule has 1 aromatic rings. The molecular weight excluding hydrogens is 286 g/mol. The van der Waals surface area contributed by atoms with E-state index in [0.717, 1.165) is 39.0 Å². The summed E-state index contributed by atoms with van der Waals surface area (Å²) in [6.45, 7) is 4.76. The molecule has 4 rings (SSSR count). The van der Waals surface area contributed by atoms with E-state index < -0.39 is 0 Å². The highest BCUT2D eigenvalue weighted by atomic mass is 16.5. The van der Waals surface area contributed by atoms with Gasteiger partial charge in [-0.05, 0) is 31.2 Å². The molecule has 0 aliphatic carbocycles. The van der Waals surface area contributed by atoms with E-state index in [9.17, 15) is 4.79 Å². The number of Topliss-reactive ketones (excluding diaryl/α,β-unsaturated/α-hetero) is 1. The number of nitrogens with zero attached hydrogens (tertiary/aromatic N) is 1. The summed E-state index contributed by atoms with van der Waals surface area (Å²) in [5.74, 6) is 0.781. The number of piperidine rings is 1. The Hall–Kier alpha value is -1.19. The summed E-state index contributed by atoms with van der Waals surface area (Å²) in [5, 5.41) is 0. The first-order valence-electron chi connectivity index (χ1n) is 9.03. The zero-order chi connectivity index (χ0) is 15.9. The molecule has 0 N–H and O–H groups in total. The summed E-state index contributed by atoms with van der Waals surface area (Å²) in [6, 6.07) is 12.0. The molecule has 3 aliphatic heterocycles. The second-order valence-corrected chi connectivity index (χ2v) is 8.16. The topological polar surface area (TPSA) is 29.5 Å². The lowest BCUT2D eigenvalue weighted by atomic mass is 9.77. The number of hydrogen-bond donors (Lipinski definition) is 0. The highest BCUT2D eigenvalue weighted by Gasteiger charge is 2.44. The molecule has 0 amide bonds. The van der Waals surface area contributed by atoms with Crippen molar-refractivity contribution in [1.29, 1.82) is 0 Å². The van der Waals surface area contributed by atoms with Crippen LogP contribution in [0.2, 0.25) is 0 Å². The third kappa shape index (κ3) is 3.09. The summed E-state index contributed by atoms with van der Waals surface area (Å²) in [6.07, 6.45) is 5.39. The maximum atomic E-state index is 12.7. The van der Waals surface area contributed by atoms with Gasteiger partial charge in [-0.15, -0.1) is 0 Å². The minimum absolute atomic E-state index is 0.122. The first kappa shape index (κ1) is 15.3. The van der Waals surface area contributed by atoms with E-state index in [-0.39, 0.29) is 11.3 Å². The van der Waals surface area contributed by atoms with Crippen LogP contribution < -0.4 is 0 Å².